The molecule has 0 saturated heterocycles. The Morgan fingerprint density at radius 3 is 1.69 bits per heavy atom. The third-order valence-corrected chi connectivity index (χ3v) is 10.8. The molecule has 2 aromatic rings. The second kappa shape index (κ2) is 8.24. The van der Waals surface area contributed by atoms with Crippen molar-refractivity contribution in [1.29, 1.82) is 0 Å². The molecule has 0 amide bonds. The first-order chi connectivity index (χ1) is 17.4. The van der Waals surface area contributed by atoms with Crippen LogP contribution in [0.15, 0.2) is 36.4 Å². The molecule has 2 aromatic carbocycles. The van der Waals surface area contributed by atoms with Gasteiger partial charge in [-0.05, 0) is 78.0 Å². The first kappa shape index (κ1) is 21.1. The summed E-state index contributed by atoms with van der Waals surface area (Å²) in [5.74, 6) is 3.22. The molecule has 4 heterocycles. The van der Waals surface area contributed by atoms with E-state index in [1.807, 2.05) is 0 Å². The predicted octanol–water partition coefficient (Wildman–Crippen LogP) is 5.13. The molecule has 35 heavy (non-hydrogen) atoms. The van der Waals surface area contributed by atoms with Crippen molar-refractivity contribution in [3.8, 4) is 0 Å². The Morgan fingerprint density at radius 2 is 1.17 bits per heavy atom. The summed E-state index contributed by atoms with van der Waals surface area (Å²) in [6.45, 7) is 6.63. The number of nitrogens with one attached hydrogen (secondary N) is 2. The Morgan fingerprint density at radius 1 is 0.657 bits per heavy atom. The first-order valence-electron chi connectivity index (χ1n) is 14.6. The molecule has 4 nitrogen and oxygen atoms in total. The third-order valence-electron chi connectivity index (χ3n) is 10.8. The van der Waals surface area contributed by atoms with Gasteiger partial charge in [0.05, 0.1) is 0 Å². The minimum atomic E-state index is 0.687. The van der Waals surface area contributed by atoms with Gasteiger partial charge in [-0.2, -0.15) is 0 Å². The summed E-state index contributed by atoms with van der Waals surface area (Å²) in [6, 6.07) is 15.8. The van der Waals surface area contributed by atoms with Crippen molar-refractivity contribution < 1.29 is 0 Å². The van der Waals surface area contributed by atoms with Crippen LogP contribution < -0.4 is 20.4 Å². The van der Waals surface area contributed by atoms with Crippen molar-refractivity contribution in [2.45, 2.75) is 82.0 Å². The zero-order valence-electron chi connectivity index (χ0n) is 21.0. The number of fused-ring (bicyclic) bond motifs is 4. The fourth-order valence-corrected chi connectivity index (χ4v) is 9.52. The van der Waals surface area contributed by atoms with Gasteiger partial charge in [-0.1, -0.05) is 49.2 Å². The maximum absolute atomic E-state index is 3.75. The lowest BCUT2D eigenvalue weighted by Crippen LogP contribution is -2.55. The van der Waals surface area contributed by atoms with Crippen LogP contribution in [0.1, 0.15) is 79.0 Å². The number of benzene rings is 2. The largest absolute Gasteiger partial charge is 0.366 e. The quantitative estimate of drug-likeness (QED) is 0.640. The Bertz CT molecular complexity index is 1040. The predicted molar refractivity (Wildman–Crippen MR) is 143 cm³/mol. The molecule has 6 atom stereocenters. The van der Waals surface area contributed by atoms with Crippen molar-refractivity contribution in [1.82, 2.24) is 10.6 Å². The number of para-hydroxylation sites is 2. The highest BCUT2D eigenvalue weighted by Crippen LogP contribution is 2.56. The van der Waals surface area contributed by atoms with Gasteiger partial charge in [-0.3, -0.25) is 0 Å². The molecule has 0 aromatic heterocycles. The van der Waals surface area contributed by atoms with Crippen LogP contribution in [0.5, 0.6) is 0 Å². The number of anilines is 2. The fourth-order valence-electron chi connectivity index (χ4n) is 9.52. The average Bonchev–Trinajstić information content (AvgIpc) is 3.46. The molecule has 184 valence electrons. The lowest BCUT2D eigenvalue weighted by atomic mass is 9.71. The van der Waals surface area contributed by atoms with Crippen LogP contribution in [0.2, 0.25) is 0 Å². The summed E-state index contributed by atoms with van der Waals surface area (Å²) in [5, 5.41) is 7.49. The molecule has 0 radical (unpaired) electrons. The Hall–Kier alpha value is -2.04. The van der Waals surface area contributed by atoms with E-state index in [2.05, 4.69) is 56.8 Å². The molecule has 6 unspecified atom stereocenters. The lowest BCUT2D eigenvalue weighted by Gasteiger charge is -2.52. The molecule has 2 fully saturated rings. The summed E-state index contributed by atoms with van der Waals surface area (Å²) < 4.78 is 0. The van der Waals surface area contributed by atoms with Gasteiger partial charge in [0, 0.05) is 62.7 Å². The Labute approximate surface area is 210 Å². The van der Waals surface area contributed by atoms with Crippen molar-refractivity contribution in [3.05, 3.63) is 58.7 Å². The van der Waals surface area contributed by atoms with Crippen LogP contribution in [0, 0.1) is 11.8 Å². The second-order valence-corrected chi connectivity index (χ2v) is 12.2. The van der Waals surface area contributed by atoms with Gasteiger partial charge in [-0.15, -0.1) is 0 Å². The molecular formula is C31H40N4. The number of hydrogen-bond donors (Lipinski definition) is 2. The maximum Gasteiger partial charge on any atom is 0.0450 e. The Balaban J connectivity index is 1.23. The van der Waals surface area contributed by atoms with Crippen molar-refractivity contribution in [2.75, 3.05) is 36.0 Å². The van der Waals surface area contributed by atoms with Crippen LogP contribution in [0.3, 0.4) is 0 Å². The van der Waals surface area contributed by atoms with Gasteiger partial charge in [0.25, 0.3) is 0 Å². The van der Waals surface area contributed by atoms with Crippen molar-refractivity contribution in [2.24, 2.45) is 11.8 Å². The molecule has 2 aliphatic carbocycles. The molecule has 4 aliphatic heterocycles. The topological polar surface area (TPSA) is 30.5 Å². The molecule has 4 heteroatoms. The van der Waals surface area contributed by atoms with E-state index in [-0.39, 0.29) is 0 Å². The minimum absolute atomic E-state index is 0.687. The van der Waals surface area contributed by atoms with Crippen molar-refractivity contribution in [3.63, 3.8) is 0 Å². The van der Waals surface area contributed by atoms with E-state index in [9.17, 15) is 0 Å². The van der Waals surface area contributed by atoms with Crippen LogP contribution >= 0.6 is 0 Å². The van der Waals surface area contributed by atoms with Gasteiger partial charge in [0.15, 0.2) is 0 Å². The molecule has 8 rings (SSSR count). The summed E-state index contributed by atoms with van der Waals surface area (Å²) in [6.07, 6.45) is 9.83. The van der Waals surface area contributed by atoms with E-state index in [1.54, 1.807) is 33.6 Å². The number of nitrogens with zero attached hydrogens (tertiary/aromatic N) is 2. The van der Waals surface area contributed by atoms with E-state index in [0.717, 1.165) is 49.9 Å². The van der Waals surface area contributed by atoms with Crippen LogP contribution in [0.25, 0.3) is 0 Å². The van der Waals surface area contributed by atoms with Crippen molar-refractivity contribution >= 4 is 11.4 Å². The Kier molecular flexibility index (Phi) is 4.97. The van der Waals surface area contributed by atoms with E-state index < -0.39 is 0 Å². The van der Waals surface area contributed by atoms with Gasteiger partial charge in [-0.25, -0.2) is 0 Å². The molecule has 0 bridgehead atoms. The highest BCUT2D eigenvalue weighted by molar-refractivity contribution is 5.67. The zero-order chi connectivity index (χ0) is 22.9. The SMILES string of the molecule is c1cc2c3c(c1)C1CCCC1C(CC1C4CCCC4c4cccc5c4N1CCNC5)N3CCNC2. The monoisotopic (exact) mass is 468 g/mol. The van der Waals surface area contributed by atoms with E-state index in [1.165, 1.54) is 58.0 Å². The lowest BCUT2D eigenvalue weighted by molar-refractivity contribution is 0.262. The standard InChI is InChI=1S/C31H40N4/c1-5-20-18-32-13-15-34-28(24-9-3-7-22(24)26(11-1)30(20)34)17-29-25-10-4-8-23(25)27-12-2-6-21-19-33-14-16-35(29)31(21)27/h1-2,5-6,11-12,22-25,28-29,32-33H,3-4,7-10,13-19H2. The van der Waals surface area contributed by atoms with Crippen LogP contribution in [-0.2, 0) is 13.1 Å². The number of hydrogen-bond acceptors (Lipinski definition) is 4. The van der Waals surface area contributed by atoms with Gasteiger partial charge < -0.3 is 20.4 Å². The molecule has 2 saturated carbocycles. The van der Waals surface area contributed by atoms with Crippen LogP contribution in [0.4, 0.5) is 11.4 Å². The van der Waals surface area contributed by atoms with E-state index in [0.29, 0.717) is 12.1 Å². The van der Waals surface area contributed by atoms with Gasteiger partial charge >= 0.3 is 0 Å². The summed E-state index contributed by atoms with van der Waals surface area (Å²) >= 11 is 0. The van der Waals surface area contributed by atoms with E-state index >= 15 is 0 Å². The normalized spacial score (nSPS) is 35.0. The van der Waals surface area contributed by atoms with Gasteiger partial charge in [0.2, 0.25) is 0 Å². The zero-order valence-corrected chi connectivity index (χ0v) is 21.0. The molecule has 6 aliphatic rings. The minimum Gasteiger partial charge on any atom is -0.366 e. The average molecular weight is 469 g/mol. The van der Waals surface area contributed by atoms with E-state index in [4.69, 9.17) is 0 Å². The summed E-state index contributed by atoms with van der Waals surface area (Å²) in [5.41, 5.74) is 9.71. The second-order valence-electron chi connectivity index (χ2n) is 12.2. The van der Waals surface area contributed by atoms with Gasteiger partial charge in [0.1, 0.15) is 0 Å². The molecule has 0 spiro atoms. The molecule has 2 N–H and O–H groups in total. The highest BCUT2D eigenvalue weighted by atomic mass is 15.2. The molecular weight excluding hydrogens is 428 g/mol. The van der Waals surface area contributed by atoms with Crippen LogP contribution in [-0.4, -0.2) is 38.3 Å². The maximum atomic E-state index is 3.75. The summed E-state index contributed by atoms with van der Waals surface area (Å²) in [4.78, 5) is 5.83. The fraction of sp³-hybridized carbons (Fsp3) is 0.613. The first-order valence-corrected chi connectivity index (χ1v) is 14.6. The smallest absolute Gasteiger partial charge is 0.0450 e. The third kappa shape index (κ3) is 3.12. The summed E-state index contributed by atoms with van der Waals surface area (Å²) in [7, 11) is 0. The number of rotatable bonds is 2. The highest BCUT2D eigenvalue weighted by Gasteiger charge is 2.50.